The first-order valence-corrected chi connectivity index (χ1v) is 11.5. The Morgan fingerprint density at radius 2 is 1.76 bits per heavy atom. The molecule has 1 aromatic carbocycles. The average molecular weight is 385 g/mol. The van der Waals surface area contributed by atoms with Gasteiger partial charge in [0.1, 0.15) is 0 Å². The van der Waals surface area contributed by atoms with Crippen LogP contribution >= 0.6 is 7.94 Å². The largest absolute Gasteiger partial charge is 0.635 e. The molecule has 140 valence electrons. The normalized spacial score (nSPS) is 20.6. The lowest BCUT2D eigenvalue weighted by Gasteiger charge is -2.44. The van der Waals surface area contributed by atoms with E-state index in [1.165, 1.54) is 4.08 Å². The summed E-state index contributed by atoms with van der Waals surface area (Å²) in [6, 6.07) is 6.23. The molecule has 1 aliphatic rings. The number of hydrogen-bond donors (Lipinski definition) is 0. The van der Waals surface area contributed by atoms with Crippen LogP contribution in [-0.2, 0) is 10.0 Å². The molecule has 6 nitrogen and oxygen atoms in total. The molecule has 0 unspecified atom stereocenters. The first-order valence-electron chi connectivity index (χ1n) is 8.47. The summed E-state index contributed by atoms with van der Waals surface area (Å²) < 4.78 is 31.5. The number of hydrogen-bond acceptors (Lipinski definition) is 5. The van der Waals surface area contributed by atoms with E-state index in [1.807, 2.05) is 32.9 Å². The van der Waals surface area contributed by atoms with Gasteiger partial charge in [-0.3, -0.25) is 0 Å². The third kappa shape index (κ3) is 3.68. The molecule has 1 heterocycles. The number of nitrogens with zero attached hydrogens (tertiary/aromatic N) is 3. The fourth-order valence-corrected chi connectivity index (χ4v) is 8.90. The van der Waals surface area contributed by atoms with Gasteiger partial charge in [-0.1, -0.05) is 36.8 Å². The smallest absolute Gasteiger partial charge is 0.275 e. The van der Waals surface area contributed by atoms with Crippen molar-refractivity contribution in [2.24, 2.45) is 0 Å². The SMILES string of the molecule is C/C=C/[C@@H](CC)N([P+]1([O-])N(C)CCN1C)S(=O)(=O)c1ccc(C)cc1. The average Bonchev–Trinajstić information content (AvgIpc) is 2.82. The molecule has 0 aromatic heterocycles. The van der Waals surface area contributed by atoms with Gasteiger partial charge >= 0.3 is 0 Å². The van der Waals surface area contributed by atoms with Crippen LogP contribution in [0, 0.1) is 6.92 Å². The van der Waals surface area contributed by atoms with Crippen LogP contribution in [-0.4, -0.2) is 55.1 Å². The number of likely N-dealkylation sites (N-methyl/N-ethyl adjacent to an activating group) is 2. The molecule has 1 atom stereocenters. The van der Waals surface area contributed by atoms with Crippen molar-refractivity contribution in [2.75, 3.05) is 27.2 Å². The molecule has 0 bridgehead atoms. The summed E-state index contributed by atoms with van der Waals surface area (Å²) in [7, 11) is -3.87. The highest BCUT2D eigenvalue weighted by atomic mass is 32.2. The maximum atomic E-state index is 13.9. The number of sulfonamides is 1. The maximum absolute atomic E-state index is 13.9. The van der Waals surface area contributed by atoms with Gasteiger partial charge in [0.05, 0.1) is 24.0 Å². The second kappa shape index (κ2) is 7.82. The van der Waals surface area contributed by atoms with E-state index >= 15 is 0 Å². The lowest BCUT2D eigenvalue weighted by Crippen LogP contribution is -2.49. The Balaban J connectivity index is 2.64. The van der Waals surface area contributed by atoms with E-state index in [2.05, 4.69) is 0 Å². The number of benzene rings is 1. The second-order valence-electron chi connectivity index (χ2n) is 6.37. The minimum absolute atomic E-state index is 0.171. The van der Waals surface area contributed by atoms with E-state index in [4.69, 9.17) is 0 Å². The maximum Gasteiger partial charge on any atom is 0.275 e. The van der Waals surface area contributed by atoms with Crippen molar-refractivity contribution < 1.29 is 13.3 Å². The lowest BCUT2D eigenvalue weighted by molar-refractivity contribution is -0.198. The van der Waals surface area contributed by atoms with Gasteiger partial charge in [0.15, 0.2) is 0 Å². The van der Waals surface area contributed by atoms with Gasteiger partial charge in [-0.2, -0.15) is 9.34 Å². The van der Waals surface area contributed by atoms with E-state index < -0.39 is 24.0 Å². The summed E-state index contributed by atoms with van der Waals surface area (Å²) in [6.07, 6.45) is 4.17. The van der Waals surface area contributed by atoms with Gasteiger partial charge in [-0.05, 0) is 36.5 Å². The summed E-state index contributed by atoms with van der Waals surface area (Å²) in [5.41, 5.74) is 0.979. The predicted octanol–water partition coefficient (Wildman–Crippen LogP) is 2.26. The fourth-order valence-electron chi connectivity index (χ4n) is 3.03. The molecule has 2 rings (SSSR count). The topological polar surface area (TPSA) is 66.9 Å². The van der Waals surface area contributed by atoms with Gasteiger partial charge in [-0.25, -0.2) is 8.42 Å². The molecular weight excluding hydrogens is 357 g/mol. The van der Waals surface area contributed by atoms with Crippen molar-refractivity contribution in [1.82, 2.24) is 13.4 Å². The van der Waals surface area contributed by atoms with Gasteiger partial charge in [-0.15, -0.1) is 0 Å². The Hall–Kier alpha value is -0.820. The highest BCUT2D eigenvalue weighted by molar-refractivity contribution is 7.95. The zero-order valence-electron chi connectivity index (χ0n) is 15.6. The zero-order chi connectivity index (χ0) is 18.8. The summed E-state index contributed by atoms with van der Waals surface area (Å²) in [5.74, 6) is 0. The van der Waals surface area contributed by atoms with Crippen LogP contribution < -0.4 is 4.89 Å². The number of allylic oxidation sites excluding steroid dienone is 1. The highest BCUT2D eigenvalue weighted by Gasteiger charge is 2.56. The third-order valence-electron chi connectivity index (χ3n) is 4.58. The van der Waals surface area contributed by atoms with Crippen LogP contribution in [0.3, 0.4) is 0 Å². The summed E-state index contributed by atoms with van der Waals surface area (Å²) in [6.45, 7) is 6.80. The van der Waals surface area contributed by atoms with Crippen molar-refractivity contribution in [3.05, 3.63) is 42.0 Å². The minimum atomic E-state index is -3.92. The quantitative estimate of drug-likeness (QED) is 0.555. The summed E-state index contributed by atoms with van der Waals surface area (Å²) in [5, 5.41) is 0. The Morgan fingerprint density at radius 3 is 2.20 bits per heavy atom. The van der Waals surface area contributed by atoms with Gasteiger partial charge < -0.3 is 4.89 Å². The van der Waals surface area contributed by atoms with Gasteiger partial charge in [0.25, 0.3) is 10.0 Å². The molecule has 8 heteroatoms. The molecule has 0 saturated carbocycles. The second-order valence-corrected chi connectivity index (χ2v) is 11.3. The molecule has 1 aromatic rings. The van der Waals surface area contributed by atoms with Crippen LogP contribution in [0.4, 0.5) is 0 Å². The first kappa shape index (κ1) is 20.5. The van der Waals surface area contributed by atoms with Crippen molar-refractivity contribution in [1.29, 1.82) is 0 Å². The Bertz CT molecular complexity index is 711. The Morgan fingerprint density at radius 1 is 1.24 bits per heavy atom. The molecule has 0 aliphatic carbocycles. The molecule has 0 amide bonds. The van der Waals surface area contributed by atoms with Crippen LogP contribution in [0.25, 0.3) is 0 Å². The number of rotatable bonds is 6. The number of aryl methyl sites for hydroxylation is 1. The predicted molar refractivity (Wildman–Crippen MR) is 101 cm³/mol. The molecule has 0 N–H and O–H groups in total. The molecular formula is C17H28N3O3PS. The minimum Gasteiger partial charge on any atom is -0.635 e. The van der Waals surface area contributed by atoms with Crippen molar-refractivity contribution in [3.63, 3.8) is 0 Å². The van der Waals surface area contributed by atoms with Gasteiger partial charge in [0.2, 0.25) is 7.94 Å². The van der Waals surface area contributed by atoms with E-state index in [0.717, 1.165) is 5.56 Å². The Labute approximate surface area is 152 Å². The van der Waals surface area contributed by atoms with E-state index in [1.54, 1.807) is 47.7 Å². The van der Waals surface area contributed by atoms with Crippen LogP contribution in [0.5, 0.6) is 0 Å². The highest BCUT2D eigenvalue weighted by Crippen LogP contribution is 2.64. The van der Waals surface area contributed by atoms with E-state index in [9.17, 15) is 13.3 Å². The van der Waals surface area contributed by atoms with Crippen molar-refractivity contribution in [2.45, 2.75) is 38.1 Å². The standard InChI is InChI=1S/C17H28N3O3PS/c1-6-8-16(7-2)20(24(21)18(4)13-14-19(24)5)25(22,23)17-11-9-15(3)10-12-17/h6,8-12,16H,7,13-14H2,1-5H3/b8-6+/t16-/m1/s1. The molecule has 0 spiro atoms. The molecule has 1 aliphatic heterocycles. The van der Waals surface area contributed by atoms with Crippen molar-refractivity contribution in [3.8, 4) is 0 Å². The molecule has 25 heavy (non-hydrogen) atoms. The van der Waals surface area contributed by atoms with E-state index in [-0.39, 0.29) is 4.90 Å². The van der Waals surface area contributed by atoms with Crippen molar-refractivity contribution >= 4 is 18.0 Å². The zero-order valence-corrected chi connectivity index (χ0v) is 17.3. The molecule has 1 fully saturated rings. The van der Waals surface area contributed by atoms with E-state index in [0.29, 0.717) is 19.5 Å². The third-order valence-corrected chi connectivity index (χ3v) is 10.5. The fraction of sp³-hybridized carbons (Fsp3) is 0.529. The summed E-state index contributed by atoms with van der Waals surface area (Å²) >= 11 is 0. The summed E-state index contributed by atoms with van der Waals surface area (Å²) in [4.78, 5) is 14.1. The van der Waals surface area contributed by atoms with Crippen LogP contribution in [0.1, 0.15) is 25.8 Å². The Kier molecular flexibility index (Phi) is 6.41. The molecule has 0 radical (unpaired) electrons. The van der Waals surface area contributed by atoms with Crippen LogP contribution in [0.2, 0.25) is 0 Å². The monoisotopic (exact) mass is 385 g/mol. The lowest BCUT2D eigenvalue weighted by atomic mass is 10.2. The van der Waals surface area contributed by atoms with Crippen LogP contribution in [0.15, 0.2) is 41.3 Å². The van der Waals surface area contributed by atoms with Gasteiger partial charge in [0, 0.05) is 14.1 Å². The molecule has 1 saturated heterocycles. The first-order chi connectivity index (χ1) is 11.7.